The van der Waals surface area contributed by atoms with Crippen LogP contribution in [-0.2, 0) is 5.41 Å². The lowest BCUT2D eigenvalue weighted by molar-refractivity contribution is 0.768. The molecule has 0 unspecified atom stereocenters. The number of benzene rings is 8. The lowest BCUT2D eigenvalue weighted by atomic mass is 9.67. The molecule has 0 radical (unpaired) electrons. The van der Waals surface area contributed by atoms with E-state index < -0.39 is 5.41 Å². The van der Waals surface area contributed by atoms with Crippen molar-refractivity contribution in [3.05, 3.63) is 284 Å². The second-order valence-electron chi connectivity index (χ2n) is 19.4. The fraction of sp³-hybridized carbons (Fsp3) is 0.0725. The highest BCUT2D eigenvalue weighted by Crippen LogP contribution is 2.58. The Morgan fingerprint density at radius 1 is 0.267 bits per heavy atom. The Balaban J connectivity index is 0.997. The molecule has 0 spiro atoms. The van der Waals surface area contributed by atoms with E-state index in [1.54, 1.807) is 0 Å². The van der Waals surface area contributed by atoms with Gasteiger partial charge in [0.2, 0.25) is 0 Å². The van der Waals surface area contributed by atoms with Crippen LogP contribution in [0.3, 0.4) is 0 Å². The molecule has 0 atom stereocenters. The zero-order valence-electron chi connectivity index (χ0n) is 42.1. The van der Waals surface area contributed by atoms with Crippen molar-refractivity contribution in [2.75, 3.05) is 9.80 Å². The summed E-state index contributed by atoms with van der Waals surface area (Å²) < 4.78 is 0. The first-order valence-corrected chi connectivity index (χ1v) is 28.7. The molecule has 2 nitrogen and oxygen atoms in total. The first kappa shape index (κ1) is 46.9. The molecule has 0 fully saturated rings. The normalized spacial score (nSPS) is 12.4. The summed E-state index contributed by atoms with van der Waals surface area (Å²) in [5.41, 5.74) is 18.3. The van der Waals surface area contributed by atoms with Gasteiger partial charge in [0.15, 0.2) is 0 Å². The molecule has 75 heavy (non-hydrogen) atoms. The molecule has 0 saturated heterocycles. The molecule has 1 aliphatic rings. The molecule has 12 aromatic rings. The minimum atomic E-state index is -0.667. The monoisotopic (exact) mass is 1040 g/mol. The van der Waals surface area contributed by atoms with Crippen LogP contribution in [0.15, 0.2) is 243 Å². The Labute approximate surface area is 456 Å². The minimum absolute atomic E-state index is 0.667. The topological polar surface area (TPSA) is 6.48 Å². The predicted molar refractivity (Wildman–Crippen MR) is 325 cm³/mol. The van der Waals surface area contributed by atoms with Gasteiger partial charge in [-0.25, -0.2) is 0 Å². The van der Waals surface area contributed by atoms with Crippen LogP contribution < -0.4 is 9.80 Å². The molecule has 8 aromatic carbocycles. The van der Waals surface area contributed by atoms with Gasteiger partial charge in [-0.2, -0.15) is 0 Å². The van der Waals surface area contributed by atoms with Gasteiger partial charge in [-0.1, -0.05) is 121 Å². The van der Waals surface area contributed by atoms with Gasteiger partial charge in [0, 0.05) is 73.1 Å². The van der Waals surface area contributed by atoms with Crippen LogP contribution in [0.5, 0.6) is 0 Å². The summed E-state index contributed by atoms with van der Waals surface area (Å²) in [4.78, 5) is 15.2. The summed E-state index contributed by atoms with van der Waals surface area (Å²) in [5, 5.41) is 0. The Bertz CT molecular complexity index is 3540. The summed E-state index contributed by atoms with van der Waals surface area (Å²) in [6.07, 6.45) is 0. The molecular formula is C69H52N2S4. The third-order valence-corrected chi connectivity index (χ3v) is 18.8. The number of nitrogens with zero attached hydrogens (tertiary/aromatic N) is 2. The Morgan fingerprint density at radius 2 is 0.533 bits per heavy atom. The number of fused-ring (bicyclic) bond motifs is 3. The van der Waals surface area contributed by atoms with E-state index in [4.69, 9.17) is 0 Å². The third-order valence-electron chi connectivity index (χ3n) is 14.6. The van der Waals surface area contributed by atoms with Crippen molar-refractivity contribution in [2.45, 2.75) is 33.1 Å². The zero-order chi connectivity index (χ0) is 50.6. The molecule has 362 valence electrons. The highest BCUT2D eigenvalue weighted by Gasteiger charge is 2.47. The zero-order valence-corrected chi connectivity index (χ0v) is 45.4. The average molecular weight is 1040 g/mol. The largest absolute Gasteiger partial charge is 0.310 e. The van der Waals surface area contributed by atoms with Crippen molar-refractivity contribution in [1.29, 1.82) is 0 Å². The molecule has 13 rings (SSSR count). The first-order chi connectivity index (χ1) is 36.8. The van der Waals surface area contributed by atoms with Gasteiger partial charge in [0.1, 0.15) is 0 Å². The predicted octanol–water partition coefficient (Wildman–Crippen LogP) is 21.1. The third kappa shape index (κ3) is 8.58. The van der Waals surface area contributed by atoms with E-state index in [1.807, 2.05) is 45.3 Å². The maximum atomic E-state index is 2.48. The summed E-state index contributed by atoms with van der Waals surface area (Å²) in [7, 11) is 0. The van der Waals surface area contributed by atoms with Crippen molar-refractivity contribution < 1.29 is 0 Å². The van der Waals surface area contributed by atoms with E-state index in [-0.39, 0.29) is 0 Å². The number of aryl methyl sites for hydroxylation is 4. The Kier molecular flexibility index (Phi) is 12.2. The second kappa shape index (κ2) is 19.5. The number of thiophene rings is 4. The Morgan fingerprint density at radius 3 is 0.787 bits per heavy atom. The van der Waals surface area contributed by atoms with Crippen molar-refractivity contribution in [2.24, 2.45) is 0 Å². The van der Waals surface area contributed by atoms with E-state index in [0.717, 1.165) is 34.1 Å². The maximum Gasteiger partial charge on any atom is 0.0715 e. The van der Waals surface area contributed by atoms with Crippen molar-refractivity contribution in [3.63, 3.8) is 0 Å². The molecule has 0 amide bonds. The molecule has 0 bridgehead atoms. The van der Waals surface area contributed by atoms with Crippen LogP contribution in [-0.4, -0.2) is 0 Å². The second-order valence-corrected chi connectivity index (χ2v) is 24.6. The summed E-state index contributed by atoms with van der Waals surface area (Å²) in [6.45, 7) is 8.71. The number of hydrogen-bond donors (Lipinski definition) is 0. The molecule has 1 aliphatic carbocycles. The van der Waals surface area contributed by atoms with Gasteiger partial charge in [-0.3, -0.25) is 0 Å². The average Bonchev–Trinajstić information content (AvgIpc) is 4.47. The summed E-state index contributed by atoms with van der Waals surface area (Å²) in [6, 6.07) is 91.0. The molecule has 4 heterocycles. The number of rotatable bonds is 12. The van der Waals surface area contributed by atoms with E-state index >= 15 is 0 Å². The van der Waals surface area contributed by atoms with Crippen LogP contribution in [0, 0.1) is 27.7 Å². The minimum Gasteiger partial charge on any atom is -0.310 e. The fourth-order valence-corrected chi connectivity index (χ4v) is 14.6. The maximum absolute atomic E-state index is 2.48. The summed E-state index contributed by atoms with van der Waals surface area (Å²) in [5.74, 6) is 0. The summed E-state index contributed by atoms with van der Waals surface area (Å²) >= 11 is 7.35. The van der Waals surface area contributed by atoms with E-state index in [2.05, 4.69) is 280 Å². The van der Waals surface area contributed by atoms with Crippen molar-refractivity contribution in [3.8, 4) is 52.9 Å². The van der Waals surface area contributed by atoms with Gasteiger partial charge in [0.25, 0.3) is 0 Å². The quantitative estimate of drug-likeness (QED) is 0.120. The smallest absolute Gasteiger partial charge is 0.0715 e. The van der Waals surface area contributed by atoms with E-state index in [1.165, 1.54) is 94.7 Å². The van der Waals surface area contributed by atoms with Crippen molar-refractivity contribution in [1.82, 2.24) is 0 Å². The van der Waals surface area contributed by atoms with Crippen LogP contribution >= 0.6 is 45.3 Å². The molecule has 0 aliphatic heterocycles. The SMILES string of the molecule is Cc1ccc(-c2ccc(N(c3ccc(-c4ccc(C)s4)cc3)c3ccc4c(c3)C(c3ccccc3)(c3ccccc3)c3cc(N(c5ccc(-c6ccc(C)s6)cc5)c5ccc(-c6ccc(C)s6)cc5)ccc3-4)cc2)s1. The Hall–Kier alpha value is -7.84. The first-order valence-electron chi connectivity index (χ1n) is 25.5. The molecule has 4 aromatic heterocycles. The number of hydrogen-bond acceptors (Lipinski definition) is 6. The van der Waals surface area contributed by atoms with Crippen LogP contribution in [0.25, 0.3) is 52.9 Å². The van der Waals surface area contributed by atoms with Gasteiger partial charge in [-0.15, -0.1) is 45.3 Å². The molecule has 0 saturated carbocycles. The lowest BCUT2D eigenvalue weighted by Crippen LogP contribution is -2.29. The van der Waals surface area contributed by atoms with E-state index in [0.29, 0.717) is 0 Å². The van der Waals surface area contributed by atoms with Crippen LogP contribution in [0.4, 0.5) is 34.1 Å². The van der Waals surface area contributed by atoms with Crippen molar-refractivity contribution >= 4 is 79.5 Å². The van der Waals surface area contributed by atoms with Gasteiger partial charge >= 0.3 is 0 Å². The van der Waals surface area contributed by atoms with Crippen LogP contribution in [0.2, 0.25) is 0 Å². The number of anilines is 6. The van der Waals surface area contributed by atoms with Gasteiger partial charge < -0.3 is 9.80 Å². The highest BCUT2D eigenvalue weighted by atomic mass is 32.1. The van der Waals surface area contributed by atoms with Gasteiger partial charge in [0.05, 0.1) is 5.41 Å². The van der Waals surface area contributed by atoms with Crippen LogP contribution in [0.1, 0.15) is 41.8 Å². The molecular weight excluding hydrogens is 985 g/mol. The standard InChI is InChI=1S/C69H52N2S4/c1-45-15-39-65(72-45)49-19-27-55(28-20-49)70(56-29-21-50(22-30-56)66-40-16-46(2)73-66)59-35-37-61-62-38-36-60(44-64(62)69(63(61)43-59,53-11-7-5-8-12-53)54-13-9-6-10-14-54)71(57-31-23-51(24-32-57)67-41-17-47(3)74-67)58-33-25-52(26-34-58)68-42-18-48(4)75-68/h5-44H,1-4H3. The lowest BCUT2D eigenvalue weighted by Gasteiger charge is -2.35. The van der Waals surface area contributed by atoms with Gasteiger partial charge in [-0.05, 0) is 205 Å². The van der Waals surface area contributed by atoms with E-state index in [9.17, 15) is 0 Å². The molecule has 6 heteroatoms. The molecule has 0 N–H and O–H groups in total. The fourth-order valence-electron chi connectivity index (χ4n) is 11.1. The highest BCUT2D eigenvalue weighted by molar-refractivity contribution is 7.16.